The standard InChI is InChI=1S/C17H31N3O/c1-5-8-18-11-15-10-17(21-14(15)2)13-20-9-6-7-16(20)12-19(3)4/h10,16,18H,5-9,11-13H2,1-4H3. The van der Waals surface area contributed by atoms with Gasteiger partial charge in [0.05, 0.1) is 6.54 Å². The van der Waals surface area contributed by atoms with Gasteiger partial charge in [-0.2, -0.15) is 0 Å². The molecule has 2 heterocycles. The molecule has 1 N–H and O–H groups in total. The molecule has 1 unspecified atom stereocenters. The first-order chi connectivity index (χ1) is 10.1. The van der Waals surface area contributed by atoms with Gasteiger partial charge in [-0.3, -0.25) is 4.90 Å². The maximum absolute atomic E-state index is 5.97. The normalized spacial score (nSPS) is 19.8. The van der Waals surface area contributed by atoms with Gasteiger partial charge in [-0.15, -0.1) is 0 Å². The van der Waals surface area contributed by atoms with E-state index in [4.69, 9.17) is 4.42 Å². The van der Waals surface area contributed by atoms with E-state index in [2.05, 4.69) is 49.1 Å². The summed E-state index contributed by atoms with van der Waals surface area (Å²) in [6.45, 7) is 9.55. The molecule has 1 atom stereocenters. The van der Waals surface area contributed by atoms with Crippen molar-refractivity contribution in [1.82, 2.24) is 15.1 Å². The summed E-state index contributed by atoms with van der Waals surface area (Å²) in [6, 6.07) is 2.91. The first-order valence-corrected chi connectivity index (χ1v) is 8.27. The van der Waals surface area contributed by atoms with Gasteiger partial charge in [-0.1, -0.05) is 6.92 Å². The molecule has 4 heteroatoms. The van der Waals surface area contributed by atoms with Crippen LogP contribution in [0.1, 0.15) is 43.3 Å². The van der Waals surface area contributed by atoms with Crippen LogP contribution in [-0.2, 0) is 13.1 Å². The van der Waals surface area contributed by atoms with Gasteiger partial charge in [0.25, 0.3) is 0 Å². The van der Waals surface area contributed by atoms with Crippen LogP contribution in [0.25, 0.3) is 0 Å². The Kier molecular flexibility index (Phi) is 6.27. The Morgan fingerprint density at radius 3 is 2.95 bits per heavy atom. The number of nitrogens with zero attached hydrogens (tertiary/aromatic N) is 2. The molecular formula is C17H31N3O. The number of likely N-dealkylation sites (N-methyl/N-ethyl adjacent to an activating group) is 1. The van der Waals surface area contributed by atoms with Crippen LogP contribution in [0.5, 0.6) is 0 Å². The maximum atomic E-state index is 5.97. The Morgan fingerprint density at radius 1 is 1.43 bits per heavy atom. The molecule has 0 spiro atoms. The minimum Gasteiger partial charge on any atom is -0.465 e. The highest BCUT2D eigenvalue weighted by atomic mass is 16.3. The summed E-state index contributed by atoms with van der Waals surface area (Å²) in [5, 5.41) is 3.45. The van der Waals surface area contributed by atoms with Crippen molar-refractivity contribution in [3.05, 3.63) is 23.2 Å². The molecule has 0 saturated carbocycles. The van der Waals surface area contributed by atoms with E-state index in [-0.39, 0.29) is 0 Å². The molecular weight excluding hydrogens is 262 g/mol. The molecule has 1 fully saturated rings. The van der Waals surface area contributed by atoms with Crippen LogP contribution in [0.2, 0.25) is 0 Å². The van der Waals surface area contributed by atoms with Gasteiger partial charge in [0.15, 0.2) is 0 Å². The van der Waals surface area contributed by atoms with Crippen LogP contribution in [-0.4, -0.2) is 49.6 Å². The molecule has 1 aromatic heterocycles. The molecule has 0 amide bonds. The van der Waals surface area contributed by atoms with E-state index in [0.717, 1.165) is 37.7 Å². The maximum Gasteiger partial charge on any atom is 0.118 e. The third-order valence-electron chi connectivity index (χ3n) is 4.25. The lowest BCUT2D eigenvalue weighted by molar-refractivity contribution is 0.188. The minimum absolute atomic E-state index is 0.673. The average Bonchev–Trinajstić information content (AvgIpc) is 2.98. The number of hydrogen-bond donors (Lipinski definition) is 1. The van der Waals surface area contributed by atoms with Gasteiger partial charge in [0, 0.05) is 24.7 Å². The molecule has 1 aliphatic rings. The van der Waals surface area contributed by atoms with Crippen LogP contribution in [0.15, 0.2) is 10.5 Å². The van der Waals surface area contributed by atoms with Gasteiger partial charge in [0.2, 0.25) is 0 Å². The molecule has 120 valence electrons. The van der Waals surface area contributed by atoms with E-state index in [1.165, 1.54) is 31.4 Å². The van der Waals surface area contributed by atoms with Crippen LogP contribution in [0, 0.1) is 6.92 Å². The fourth-order valence-corrected chi connectivity index (χ4v) is 3.17. The van der Waals surface area contributed by atoms with E-state index >= 15 is 0 Å². The van der Waals surface area contributed by atoms with Gasteiger partial charge in [0.1, 0.15) is 11.5 Å². The third kappa shape index (κ3) is 4.83. The lowest BCUT2D eigenvalue weighted by atomic mass is 10.2. The second-order valence-electron chi connectivity index (χ2n) is 6.50. The van der Waals surface area contributed by atoms with Crippen molar-refractivity contribution in [1.29, 1.82) is 0 Å². The molecule has 4 nitrogen and oxygen atoms in total. The van der Waals surface area contributed by atoms with E-state index < -0.39 is 0 Å². The minimum atomic E-state index is 0.673. The molecule has 0 aliphatic carbocycles. The van der Waals surface area contributed by atoms with Crippen molar-refractivity contribution in [2.75, 3.05) is 33.7 Å². The van der Waals surface area contributed by atoms with Gasteiger partial charge in [-0.25, -0.2) is 0 Å². The van der Waals surface area contributed by atoms with Crippen molar-refractivity contribution in [3.8, 4) is 0 Å². The second kappa shape index (κ2) is 7.97. The van der Waals surface area contributed by atoms with Crippen LogP contribution in [0.3, 0.4) is 0 Å². The Balaban J connectivity index is 1.91. The molecule has 1 saturated heterocycles. The smallest absolute Gasteiger partial charge is 0.118 e. The van der Waals surface area contributed by atoms with Crippen molar-refractivity contribution < 1.29 is 4.42 Å². The zero-order chi connectivity index (χ0) is 15.2. The fraction of sp³-hybridized carbons (Fsp3) is 0.765. The van der Waals surface area contributed by atoms with E-state index in [1.807, 2.05) is 0 Å². The van der Waals surface area contributed by atoms with Gasteiger partial charge >= 0.3 is 0 Å². The zero-order valence-electron chi connectivity index (χ0n) is 14.1. The molecule has 0 aromatic carbocycles. The number of likely N-dealkylation sites (tertiary alicyclic amines) is 1. The molecule has 2 rings (SSSR count). The molecule has 1 aromatic rings. The molecule has 0 radical (unpaired) electrons. The third-order valence-corrected chi connectivity index (χ3v) is 4.25. The highest BCUT2D eigenvalue weighted by molar-refractivity contribution is 5.20. The predicted molar refractivity (Wildman–Crippen MR) is 87.4 cm³/mol. The summed E-state index contributed by atoms with van der Waals surface area (Å²) >= 11 is 0. The number of aryl methyl sites for hydroxylation is 1. The Bertz CT molecular complexity index is 428. The van der Waals surface area contributed by atoms with Crippen molar-refractivity contribution >= 4 is 0 Å². The fourth-order valence-electron chi connectivity index (χ4n) is 3.17. The summed E-state index contributed by atoms with van der Waals surface area (Å²) in [7, 11) is 4.32. The highest BCUT2D eigenvalue weighted by Crippen LogP contribution is 2.23. The van der Waals surface area contributed by atoms with Gasteiger partial charge in [-0.05, 0) is 59.4 Å². The largest absolute Gasteiger partial charge is 0.465 e. The second-order valence-corrected chi connectivity index (χ2v) is 6.50. The van der Waals surface area contributed by atoms with Gasteiger partial charge < -0.3 is 14.6 Å². The molecule has 1 aliphatic heterocycles. The van der Waals surface area contributed by atoms with Crippen molar-refractivity contribution in [2.45, 2.75) is 52.2 Å². The van der Waals surface area contributed by atoms with Crippen LogP contribution in [0.4, 0.5) is 0 Å². The van der Waals surface area contributed by atoms with E-state index in [0.29, 0.717) is 6.04 Å². The zero-order valence-corrected chi connectivity index (χ0v) is 14.1. The van der Waals surface area contributed by atoms with E-state index in [9.17, 15) is 0 Å². The topological polar surface area (TPSA) is 31.6 Å². The number of hydrogen-bond acceptors (Lipinski definition) is 4. The number of furan rings is 1. The quantitative estimate of drug-likeness (QED) is 0.747. The molecule has 0 bridgehead atoms. The average molecular weight is 293 g/mol. The Labute approximate surface area is 129 Å². The predicted octanol–water partition coefficient (Wildman–Crippen LogP) is 2.61. The van der Waals surface area contributed by atoms with Crippen molar-refractivity contribution in [2.24, 2.45) is 0 Å². The monoisotopic (exact) mass is 293 g/mol. The lowest BCUT2D eigenvalue weighted by Crippen LogP contribution is -2.36. The lowest BCUT2D eigenvalue weighted by Gasteiger charge is -2.26. The van der Waals surface area contributed by atoms with Crippen LogP contribution >= 0.6 is 0 Å². The SMILES string of the molecule is CCCNCc1cc(CN2CCCC2CN(C)C)oc1C. The molecule has 21 heavy (non-hydrogen) atoms. The highest BCUT2D eigenvalue weighted by Gasteiger charge is 2.25. The van der Waals surface area contributed by atoms with Crippen molar-refractivity contribution in [3.63, 3.8) is 0 Å². The Morgan fingerprint density at radius 2 is 2.24 bits per heavy atom. The first-order valence-electron chi connectivity index (χ1n) is 8.27. The summed E-state index contributed by atoms with van der Waals surface area (Å²) in [4.78, 5) is 4.86. The first kappa shape index (κ1) is 16.5. The van der Waals surface area contributed by atoms with E-state index in [1.54, 1.807) is 0 Å². The summed E-state index contributed by atoms with van der Waals surface area (Å²) in [5.74, 6) is 2.18. The summed E-state index contributed by atoms with van der Waals surface area (Å²) in [5.41, 5.74) is 1.31. The summed E-state index contributed by atoms with van der Waals surface area (Å²) in [6.07, 6.45) is 3.79. The number of nitrogens with one attached hydrogen (secondary N) is 1. The number of rotatable bonds is 8. The Hall–Kier alpha value is -0.840. The van der Waals surface area contributed by atoms with Crippen LogP contribution < -0.4 is 5.32 Å². The summed E-state index contributed by atoms with van der Waals surface area (Å²) < 4.78 is 5.97.